The second-order valence-corrected chi connectivity index (χ2v) is 8.08. The molecule has 1 aromatic heterocycles. The Morgan fingerprint density at radius 3 is 2.54 bits per heavy atom. The highest BCUT2D eigenvalue weighted by molar-refractivity contribution is 7.14. The molecular weight excluding hydrogens is 348 g/mol. The van der Waals surface area contributed by atoms with Crippen molar-refractivity contribution in [2.75, 3.05) is 10.6 Å². The molecule has 2 saturated carbocycles. The lowest BCUT2D eigenvalue weighted by Crippen LogP contribution is -2.42. The molecule has 4 atom stereocenters. The number of amides is 2. The molecule has 2 aromatic rings. The number of nitrogens with zero attached hydrogens (tertiary/aromatic N) is 1. The van der Waals surface area contributed by atoms with E-state index in [4.69, 9.17) is 5.73 Å². The van der Waals surface area contributed by atoms with E-state index in [-0.39, 0.29) is 23.8 Å². The second-order valence-electron chi connectivity index (χ2n) is 7.22. The lowest BCUT2D eigenvalue weighted by molar-refractivity contribution is -0.121. The molecule has 2 fully saturated rings. The highest BCUT2D eigenvalue weighted by Crippen LogP contribution is 2.48. The van der Waals surface area contributed by atoms with Gasteiger partial charge in [0.1, 0.15) is 0 Å². The van der Waals surface area contributed by atoms with Crippen LogP contribution >= 0.6 is 11.3 Å². The molecule has 0 spiro atoms. The van der Waals surface area contributed by atoms with E-state index in [1.54, 1.807) is 0 Å². The molecule has 26 heavy (non-hydrogen) atoms. The van der Waals surface area contributed by atoms with Crippen molar-refractivity contribution in [2.24, 2.45) is 23.5 Å². The minimum atomic E-state index is -0.102. The summed E-state index contributed by atoms with van der Waals surface area (Å²) in [5, 5.41) is 8.22. The summed E-state index contributed by atoms with van der Waals surface area (Å²) in [5.41, 5.74) is 8.74. The Bertz CT molecular complexity index is 830. The van der Waals surface area contributed by atoms with Gasteiger partial charge in [-0.3, -0.25) is 9.59 Å². The van der Waals surface area contributed by atoms with Crippen LogP contribution in [0.5, 0.6) is 0 Å². The lowest BCUT2D eigenvalue weighted by Gasteiger charge is -2.26. The Balaban J connectivity index is 1.43. The third-order valence-corrected chi connectivity index (χ3v) is 6.28. The summed E-state index contributed by atoms with van der Waals surface area (Å²) in [5.74, 6) is 0.750. The molecule has 0 saturated heterocycles. The van der Waals surface area contributed by atoms with Crippen molar-refractivity contribution in [1.29, 1.82) is 0 Å². The number of rotatable bonds is 4. The van der Waals surface area contributed by atoms with Crippen molar-refractivity contribution in [2.45, 2.75) is 32.2 Å². The summed E-state index contributed by atoms with van der Waals surface area (Å²) in [4.78, 5) is 28.3. The van der Waals surface area contributed by atoms with E-state index in [1.807, 2.05) is 29.6 Å². The van der Waals surface area contributed by atoms with E-state index in [1.165, 1.54) is 18.3 Å². The Morgan fingerprint density at radius 2 is 1.88 bits per heavy atom. The van der Waals surface area contributed by atoms with Gasteiger partial charge in [-0.15, -0.1) is 11.3 Å². The van der Waals surface area contributed by atoms with Crippen LogP contribution in [-0.2, 0) is 9.59 Å². The predicted molar refractivity (Wildman–Crippen MR) is 103 cm³/mol. The number of hydrogen-bond acceptors (Lipinski definition) is 5. The summed E-state index contributed by atoms with van der Waals surface area (Å²) >= 11 is 1.41. The Labute approximate surface area is 156 Å². The summed E-state index contributed by atoms with van der Waals surface area (Å²) in [6, 6.07) is 7.45. The lowest BCUT2D eigenvalue weighted by atomic mass is 9.84. The maximum Gasteiger partial charge on any atom is 0.231 e. The fourth-order valence-corrected chi connectivity index (χ4v) is 5.03. The molecule has 0 aliphatic heterocycles. The molecule has 1 heterocycles. The third kappa shape index (κ3) is 3.24. The standard InChI is InChI=1S/C19H22N4O2S/c1-10(24)21-14-6-4-11(5-7-14)15-9-26-19(22-15)23-18(25)16-12-2-3-13(8-12)17(16)20/h4-7,9,12-13,16-17H,2-3,8,20H2,1H3,(H,21,24)(H,22,23,25). The predicted octanol–water partition coefficient (Wildman–Crippen LogP) is 3.08. The third-order valence-electron chi connectivity index (χ3n) is 5.52. The number of aromatic nitrogens is 1. The molecule has 7 heteroatoms. The molecular formula is C19H22N4O2S. The zero-order chi connectivity index (χ0) is 18.3. The van der Waals surface area contributed by atoms with Crippen LogP contribution in [0.2, 0.25) is 0 Å². The van der Waals surface area contributed by atoms with Gasteiger partial charge in [-0.2, -0.15) is 0 Å². The van der Waals surface area contributed by atoms with Crippen molar-refractivity contribution in [3.63, 3.8) is 0 Å². The Kier molecular flexibility index (Phi) is 4.50. The van der Waals surface area contributed by atoms with Crippen LogP contribution in [0.3, 0.4) is 0 Å². The van der Waals surface area contributed by atoms with Gasteiger partial charge in [-0.05, 0) is 43.2 Å². The SMILES string of the molecule is CC(=O)Nc1ccc(-c2csc(NC(=O)C3C4CCC(C4)C3N)n2)cc1. The first-order chi connectivity index (χ1) is 12.5. The van der Waals surface area contributed by atoms with E-state index in [2.05, 4.69) is 15.6 Å². The maximum absolute atomic E-state index is 12.6. The van der Waals surface area contributed by atoms with Crippen molar-refractivity contribution >= 4 is 34.0 Å². The molecule has 2 aliphatic carbocycles. The van der Waals surface area contributed by atoms with Crippen LogP contribution in [0.25, 0.3) is 11.3 Å². The molecule has 2 amide bonds. The van der Waals surface area contributed by atoms with Gasteiger partial charge in [0.25, 0.3) is 0 Å². The average Bonchev–Trinajstić information content (AvgIpc) is 3.31. The Morgan fingerprint density at radius 1 is 1.15 bits per heavy atom. The molecule has 4 rings (SSSR count). The summed E-state index contributed by atoms with van der Waals surface area (Å²) < 4.78 is 0. The minimum absolute atomic E-state index is 0.00612. The highest BCUT2D eigenvalue weighted by atomic mass is 32.1. The van der Waals surface area contributed by atoms with Crippen LogP contribution in [0.1, 0.15) is 26.2 Å². The largest absolute Gasteiger partial charge is 0.327 e. The number of anilines is 2. The quantitative estimate of drug-likeness (QED) is 0.770. The van der Waals surface area contributed by atoms with Crippen molar-refractivity contribution in [3.8, 4) is 11.3 Å². The van der Waals surface area contributed by atoms with Gasteiger partial charge in [0, 0.05) is 29.6 Å². The Hall–Kier alpha value is -2.25. The van der Waals surface area contributed by atoms with E-state index in [0.717, 1.165) is 36.2 Å². The zero-order valence-corrected chi connectivity index (χ0v) is 15.4. The monoisotopic (exact) mass is 370 g/mol. The smallest absolute Gasteiger partial charge is 0.231 e. The van der Waals surface area contributed by atoms with Crippen LogP contribution in [0.15, 0.2) is 29.6 Å². The van der Waals surface area contributed by atoms with Crippen LogP contribution in [0, 0.1) is 17.8 Å². The number of nitrogens with two attached hydrogens (primary N) is 1. The van der Waals surface area contributed by atoms with Gasteiger partial charge in [0.2, 0.25) is 11.8 Å². The fraction of sp³-hybridized carbons (Fsp3) is 0.421. The normalized spacial score (nSPS) is 26.7. The van der Waals surface area contributed by atoms with Gasteiger partial charge >= 0.3 is 0 Å². The summed E-state index contributed by atoms with van der Waals surface area (Å²) in [6.45, 7) is 1.48. The van der Waals surface area contributed by atoms with Crippen molar-refractivity contribution in [1.82, 2.24) is 4.98 Å². The second kappa shape index (κ2) is 6.81. The molecule has 4 unspecified atom stereocenters. The maximum atomic E-state index is 12.6. The number of thiazole rings is 1. The van der Waals surface area contributed by atoms with Gasteiger partial charge in [-0.25, -0.2) is 4.98 Å². The number of carbonyl (C=O) groups excluding carboxylic acids is 2. The number of fused-ring (bicyclic) bond motifs is 2. The van der Waals surface area contributed by atoms with Gasteiger partial charge in [0.15, 0.2) is 5.13 Å². The van der Waals surface area contributed by atoms with Crippen LogP contribution in [0.4, 0.5) is 10.8 Å². The zero-order valence-electron chi connectivity index (χ0n) is 14.6. The van der Waals surface area contributed by atoms with E-state index in [9.17, 15) is 9.59 Å². The van der Waals surface area contributed by atoms with Crippen molar-refractivity contribution in [3.05, 3.63) is 29.6 Å². The molecule has 4 N–H and O–H groups in total. The number of benzene rings is 1. The van der Waals surface area contributed by atoms with E-state index >= 15 is 0 Å². The first-order valence-corrected chi connectivity index (χ1v) is 9.79. The van der Waals surface area contributed by atoms with Crippen molar-refractivity contribution < 1.29 is 9.59 Å². The molecule has 0 radical (unpaired) electrons. The molecule has 1 aromatic carbocycles. The van der Waals surface area contributed by atoms with Gasteiger partial charge in [0.05, 0.1) is 11.6 Å². The molecule has 6 nitrogen and oxygen atoms in total. The number of carbonyl (C=O) groups is 2. The highest BCUT2D eigenvalue weighted by Gasteiger charge is 2.49. The average molecular weight is 370 g/mol. The van der Waals surface area contributed by atoms with Crippen LogP contribution < -0.4 is 16.4 Å². The summed E-state index contributed by atoms with van der Waals surface area (Å²) in [7, 11) is 0. The molecule has 2 bridgehead atoms. The fourth-order valence-electron chi connectivity index (χ4n) is 4.30. The van der Waals surface area contributed by atoms with E-state index < -0.39 is 0 Å². The number of nitrogens with one attached hydrogen (secondary N) is 2. The first-order valence-electron chi connectivity index (χ1n) is 8.91. The summed E-state index contributed by atoms with van der Waals surface area (Å²) in [6.07, 6.45) is 3.36. The first kappa shape index (κ1) is 17.2. The number of hydrogen-bond donors (Lipinski definition) is 3. The van der Waals surface area contributed by atoms with E-state index in [0.29, 0.717) is 17.0 Å². The minimum Gasteiger partial charge on any atom is -0.327 e. The topological polar surface area (TPSA) is 97.1 Å². The molecule has 2 aliphatic rings. The van der Waals surface area contributed by atoms with Crippen LogP contribution in [-0.4, -0.2) is 22.8 Å². The van der Waals surface area contributed by atoms with Gasteiger partial charge < -0.3 is 16.4 Å². The molecule has 136 valence electrons. The van der Waals surface area contributed by atoms with Gasteiger partial charge in [-0.1, -0.05) is 12.1 Å².